The maximum atomic E-state index is 12.4. The molecule has 1 heterocycles. The summed E-state index contributed by atoms with van der Waals surface area (Å²) in [6, 6.07) is 0.0206. The van der Waals surface area contributed by atoms with E-state index in [1.165, 1.54) is 0 Å². The Hall–Kier alpha value is -1.26. The van der Waals surface area contributed by atoms with E-state index in [-0.39, 0.29) is 24.5 Å². The fourth-order valence-electron chi connectivity index (χ4n) is 2.48. The van der Waals surface area contributed by atoms with Crippen molar-refractivity contribution in [2.75, 3.05) is 13.1 Å². The molecular weight excluding hydrogens is 232 g/mol. The Morgan fingerprint density at radius 2 is 2.11 bits per heavy atom. The molecule has 1 saturated heterocycles. The van der Waals surface area contributed by atoms with Crippen LogP contribution in [-0.4, -0.2) is 52.1 Å². The lowest BCUT2D eigenvalue weighted by Gasteiger charge is -2.33. The van der Waals surface area contributed by atoms with E-state index in [9.17, 15) is 9.59 Å². The molecule has 1 N–H and O–H groups in total. The predicted molar refractivity (Wildman–Crippen MR) is 69.5 cm³/mol. The highest BCUT2D eigenvalue weighted by atomic mass is 16.4. The lowest BCUT2D eigenvalue weighted by molar-refractivity contribution is -0.138. The summed E-state index contributed by atoms with van der Waals surface area (Å²) in [5.74, 6) is -0.828. The van der Waals surface area contributed by atoms with Crippen LogP contribution in [0.3, 0.4) is 0 Å². The maximum Gasteiger partial charge on any atom is 0.320 e. The first kappa shape index (κ1) is 14.8. The molecule has 1 aliphatic rings. The van der Waals surface area contributed by atoms with Crippen molar-refractivity contribution >= 4 is 12.0 Å². The van der Waals surface area contributed by atoms with Gasteiger partial charge >= 0.3 is 12.0 Å². The molecule has 1 fully saturated rings. The van der Waals surface area contributed by atoms with Crippen LogP contribution in [0.5, 0.6) is 0 Å². The smallest absolute Gasteiger partial charge is 0.320 e. The van der Waals surface area contributed by atoms with Crippen LogP contribution < -0.4 is 0 Å². The highest BCUT2D eigenvalue weighted by molar-refractivity contribution is 5.76. The molecule has 0 aromatic carbocycles. The minimum atomic E-state index is -0.828. The molecule has 18 heavy (non-hydrogen) atoms. The zero-order valence-corrected chi connectivity index (χ0v) is 11.6. The van der Waals surface area contributed by atoms with Gasteiger partial charge in [0.1, 0.15) is 0 Å². The van der Waals surface area contributed by atoms with E-state index in [0.29, 0.717) is 6.54 Å². The van der Waals surface area contributed by atoms with Gasteiger partial charge < -0.3 is 14.9 Å². The summed E-state index contributed by atoms with van der Waals surface area (Å²) < 4.78 is 0. The molecule has 5 nitrogen and oxygen atoms in total. The Morgan fingerprint density at radius 3 is 2.61 bits per heavy atom. The average Bonchev–Trinajstić information content (AvgIpc) is 2.71. The molecule has 0 saturated carbocycles. The molecule has 1 unspecified atom stereocenters. The maximum absolute atomic E-state index is 12.4. The van der Waals surface area contributed by atoms with Gasteiger partial charge in [-0.1, -0.05) is 6.92 Å². The Labute approximate surface area is 109 Å². The van der Waals surface area contributed by atoms with Crippen LogP contribution in [0.2, 0.25) is 0 Å². The Kier molecular flexibility index (Phi) is 5.44. The van der Waals surface area contributed by atoms with Gasteiger partial charge in [0.05, 0.1) is 6.42 Å². The van der Waals surface area contributed by atoms with Gasteiger partial charge in [-0.3, -0.25) is 4.79 Å². The van der Waals surface area contributed by atoms with Crippen molar-refractivity contribution in [2.24, 2.45) is 0 Å². The van der Waals surface area contributed by atoms with Crippen molar-refractivity contribution in [3.8, 4) is 0 Å². The molecule has 0 aromatic rings. The molecule has 0 spiro atoms. The summed E-state index contributed by atoms with van der Waals surface area (Å²) in [5.41, 5.74) is 0. The van der Waals surface area contributed by atoms with Crippen LogP contribution in [0, 0.1) is 0 Å². The number of carbonyl (C=O) groups excluding carboxylic acids is 1. The first-order chi connectivity index (χ1) is 8.47. The SMILES string of the molecule is CCCN(C(=O)N1CCCC1CC(=O)O)C(C)C. The fourth-order valence-corrected chi connectivity index (χ4v) is 2.48. The van der Waals surface area contributed by atoms with E-state index in [4.69, 9.17) is 5.11 Å². The number of likely N-dealkylation sites (tertiary alicyclic amines) is 1. The number of carboxylic acids is 1. The summed E-state index contributed by atoms with van der Waals surface area (Å²) in [6.45, 7) is 7.45. The zero-order chi connectivity index (χ0) is 13.7. The van der Waals surface area contributed by atoms with Crippen LogP contribution in [0.4, 0.5) is 4.79 Å². The molecule has 0 radical (unpaired) electrons. The monoisotopic (exact) mass is 256 g/mol. The summed E-state index contributed by atoms with van der Waals surface area (Å²) in [6.07, 6.45) is 2.68. The van der Waals surface area contributed by atoms with Gasteiger partial charge in [0.15, 0.2) is 0 Å². The standard InChI is InChI=1S/C13H24N2O3/c1-4-7-14(10(2)3)13(18)15-8-5-6-11(15)9-12(16)17/h10-11H,4-9H2,1-3H3,(H,16,17). The second-order valence-corrected chi connectivity index (χ2v) is 5.16. The number of urea groups is 1. The third-order valence-corrected chi connectivity index (χ3v) is 3.37. The second kappa shape index (κ2) is 6.61. The van der Waals surface area contributed by atoms with Gasteiger partial charge in [-0.15, -0.1) is 0 Å². The number of nitrogens with zero attached hydrogens (tertiary/aromatic N) is 2. The second-order valence-electron chi connectivity index (χ2n) is 5.16. The largest absolute Gasteiger partial charge is 0.481 e. The third-order valence-electron chi connectivity index (χ3n) is 3.37. The summed E-state index contributed by atoms with van der Waals surface area (Å²) in [5, 5.41) is 8.87. The van der Waals surface area contributed by atoms with Crippen molar-refractivity contribution in [3.05, 3.63) is 0 Å². The van der Waals surface area contributed by atoms with Crippen molar-refractivity contribution in [2.45, 2.75) is 58.5 Å². The van der Waals surface area contributed by atoms with Crippen LogP contribution in [0.25, 0.3) is 0 Å². The highest BCUT2D eigenvalue weighted by Crippen LogP contribution is 2.22. The summed E-state index contributed by atoms with van der Waals surface area (Å²) >= 11 is 0. The van der Waals surface area contributed by atoms with E-state index in [2.05, 4.69) is 0 Å². The zero-order valence-electron chi connectivity index (χ0n) is 11.6. The van der Waals surface area contributed by atoms with Gasteiger partial charge in [-0.2, -0.15) is 0 Å². The molecule has 1 atom stereocenters. The van der Waals surface area contributed by atoms with E-state index in [1.807, 2.05) is 25.7 Å². The van der Waals surface area contributed by atoms with Gasteiger partial charge in [-0.05, 0) is 33.1 Å². The molecule has 0 aromatic heterocycles. The van der Waals surface area contributed by atoms with Crippen LogP contribution in [0.15, 0.2) is 0 Å². The van der Waals surface area contributed by atoms with Gasteiger partial charge in [0, 0.05) is 25.2 Å². The van der Waals surface area contributed by atoms with Gasteiger partial charge in [0.2, 0.25) is 0 Å². The minimum Gasteiger partial charge on any atom is -0.481 e. The quantitative estimate of drug-likeness (QED) is 0.820. The number of carboxylic acid groups (broad SMARTS) is 1. The fraction of sp³-hybridized carbons (Fsp3) is 0.846. The van der Waals surface area contributed by atoms with E-state index in [0.717, 1.165) is 25.8 Å². The molecule has 0 bridgehead atoms. The number of hydrogen-bond acceptors (Lipinski definition) is 2. The van der Waals surface area contributed by atoms with Crippen LogP contribution in [0.1, 0.15) is 46.5 Å². The lowest BCUT2D eigenvalue weighted by atomic mass is 10.1. The first-order valence-electron chi connectivity index (χ1n) is 6.76. The minimum absolute atomic E-state index is 0.00407. The van der Waals surface area contributed by atoms with Gasteiger partial charge in [0.25, 0.3) is 0 Å². The molecule has 104 valence electrons. The van der Waals surface area contributed by atoms with E-state index < -0.39 is 5.97 Å². The number of carbonyl (C=O) groups is 2. The van der Waals surface area contributed by atoms with Crippen LogP contribution >= 0.6 is 0 Å². The summed E-state index contributed by atoms with van der Waals surface area (Å²) in [4.78, 5) is 26.8. The molecular formula is C13H24N2O3. The lowest BCUT2D eigenvalue weighted by Crippen LogP contribution is -2.48. The molecule has 5 heteroatoms. The molecule has 0 aliphatic carbocycles. The number of rotatable bonds is 5. The van der Waals surface area contributed by atoms with Crippen molar-refractivity contribution in [3.63, 3.8) is 0 Å². The van der Waals surface area contributed by atoms with Crippen molar-refractivity contribution < 1.29 is 14.7 Å². The highest BCUT2D eigenvalue weighted by Gasteiger charge is 2.33. The van der Waals surface area contributed by atoms with Crippen molar-refractivity contribution in [1.29, 1.82) is 0 Å². The molecule has 2 amide bonds. The molecule has 1 aliphatic heterocycles. The van der Waals surface area contributed by atoms with Gasteiger partial charge in [-0.25, -0.2) is 4.79 Å². The van der Waals surface area contributed by atoms with Crippen molar-refractivity contribution in [1.82, 2.24) is 9.80 Å². The Bertz CT molecular complexity index is 305. The average molecular weight is 256 g/mol. The Balaban J connectivity index is 2.70. The third kappa shape index (κ3) is 3.62. The topological polar surface area (TPSA) is 60.9 Å². The normalized spacial score (nSPS) is 19.3. The Morgan fingerprint density at radius 1 is 1.44 bits per heavy atom. The van der Waals surface area contributed by atoms with E-state index >= 15 is 0 Å². The number of amides is 2. The van der Waals surface area contributed by atoms with E-state index in [1.54, 1.807) is 4.90 Å². The predicted octanol–water partition coefficient (Wildman–Crippen LogP) is 2.17. The number of hydrogen-bond donors (Lipinski definition) is 1. The van der Waals surface area contributed by atoms with Crippen LogP contribution in [-0.2, 0) is 4.79 Å². The summed E-state index contributed by atoms with van der Waals surface area (Å²) in [7, 11) is 0. The molecule has 1 rings (SSSR count). The first-order valence-corrected chi connectivity index (χ1v) is 6.76. The number of aliphatic carboxylic acids is 1.